The molecule has 1 atom stereocenters. The highest BCUT2D eigenvalue weighted by molar-refractivity contribution is 6.35. The SMILES string of the molecule is C=CCNC(=O)C(=O)N[C@@H](C)c1ccc(F)cc1. The number of carbonyl (C=O) groups excluding carboxylic acids is 2. The van der Waals surface area contributed by atoms with Crippen molar-refractivity contribution in [2.45, 2.75) is 13.0 Å². The molecule has 0 bridgehead atoms. The van der Waals surface area contributed by atoms with Crippen molar-refractivity contribution in [2.75, 3.05) is 6.54 Å². The summed E-state index contributed by atoms with van der Waals surface area (Å²) in [7, 11) is 0. The van der Waals surface area contributed by atoms with E-state index in [1.54, 1.807) is 19.1 Å². The summed E-state index contributed by atoms with van der Waals surface area (Å²) in [6.07, 6.45) is 1.48. The Hall–Kier alpha value is -2.17. The second kappa shape index (κ2) is 6.54. The van der Waals surface area contributed by atoms with Gasteiger partial charge in [-0.25, -0.2) is 4.39 Å². The molecule has 0 aliphatic carbocycles. The van der Waals surface area contributed by atoms with Gasteiger partial charge in [-0.3, -0.25) is 9.59 Å². The Labute approximate surface area is 105 Å². The van der Waals surface area contributed by atoms with E-state index < -0.39 is 11.8 Å². The predicted octanol–water partition coefficient (Wildman–Crippen LogP) is 1.31. The topological polar surface area (TPSA) is 58.2 Å². The molecule has 2 N–H and O–H groups in total. The van der Waals surface area contributed by atoms with Crippen molar-refractivity contribution in [1.82, 2.24) is 10.6 Å². The van der Waals surface area contributed by atoms with Crippen LogP contribution in [0.3, 0.4) is 0 Å². The van der Waals surface area contributed by atoms with Crippen molar-refractivity contribution in [2.24, 2.45) is 0 Å². The summed E-state index contributed by atoms with van der Waals surface area (Å²) < 4.78 is 12.7. The Balaban J connectivity index is 2.56. The van der Waals surface area contributed by atoms with Crippen LogP contribution in [0.2, 0.25) is 0 Å². The van der Waals surface area contributed by atoms with Crippen LogP contribution in [0.5, 0.6) is 0 Å². The highest BCUT2D eigenvalue weighted by Crippen LogP contribution is 2.12. The van der Waals surface area contributed by atoms with Crippen LogP contribution in [0.15, 0.2) is 36.9 Å². The van der Waals surface area contributed by atoms with Gasteiger partial charge in [0.05, 0.1) is 6.04 Å². The first-order chi connectivity index (χ1) is 8.54. The molecule has 1 aromatic carbocycles. The van der Waals surface area contributed by atoms with Gasteiger partial charge in [0.15, 0.2) is 0 Å². The predicted molar refractivity (Wildman–Crippen MR) is 66.2 cm³/mol. The molecule has 0 saturated heterocycles. The maximum absolute atomic E-state index is 12.7. The minimum absolute atomic E-state index is 0.233. The van der Waals surface area contributed by atoms with Crippen molar-refractivity contribution in [1.29, 1.82) is 0 Å². The average Bonchev–Trinajstić information content (AvgIpc) is 2.36. The highest BCUT2D eigenvalue weighted by Gasteiger charge is 2.15. The Morgan fingerprint density at radius 3 is 2.50 bits per heavy atom. The van der Waals surface area contributed by atoms with Crippen LogP contribution in [0.1, 0.15) is 18.5 Å². The third kappa shape index (κ3) is 4.01. The van der Waals surface area contributed by atoms with E-state index >= 15 is 0 Å². The van der Waals surface area contributed by atoms with Gasteiger partial charge in [0, 0.05) is 6.54 Å². The van der Waals surface area contributed by atoms with E-state index in [0.717, 1.165) is 5.56 Å². The number of rotatable bonds is 4. The summed E-state index contributed by atoms with van der Waals surface area (Å²) >= 11 is 0. The van der Waals surface area contributed by atoms with Gasteiger partial charge in [-0.2, -0.15) is 0 Å². The number of benzene rings is 1. The normalized spacial score (nSPS) is 11.4. The van der Waals surface area contributed by atoms with E-state index in [2.05, 4.69) is 17.2 Å². The van der Waals surface area contributed by atoms with Crippen LogP contribution < -0.4 is 10.6 Å². The smallest absolute Gasteiger partial charge is 0.309 e. The molecule has 0 spiro atoms. The molecular formula is C13H15FN2O2. The molecule has 0 fully saturated rings. The second-order valence-corrected chi connectivity index (χ2v) is 3.75. The molecule has 0 saturated carbocycles. The van der Waals surface area contributed by atoms with Gasteiger partial charge in [-0.05, 0) is 24.6 Å². The standard InChI is InChI=1S/C13H15FN2O2/c1-3-8-15-12(17)13(18)16-9(2)10-4-6-11(14)7-5-10/h3-7,9H,1,8H2,2H3,(H,15,17)(H,16,18)/t9-/m0/s1. The maximum atomic E-state index is 12.7. The summed E-state index contributed by atoms with van der Waals surface area (Å²) in [5, 5.41) is 4.89. The number of halogens is 1. The Kier molecular flexibility index (Phi) is 5.05. The van der Waals surface area contributed by atoms with Crippen LogP contribution in [-0.2, 0) is 9.59 Å². The Morgan fingerprint density at radius 2 is 1.94 bits per heavy atom. The summed E-state index contributed by atoms with van der Waals surface area (Å²) in [5.74, 6) is -1.79. The van der Waals surface area contributed by atoms with Crippen molar-refractivity contribution in [3.05, 3.63) is 48.3 Å². The number of carbonyl (C=O) groups is 2. The molecule has 4 nitrogen and oxygen atoms in total. The first-order valence-electron chi connectivity index (χ1n) is 5.49. The van der Waals surface area contributed by atoms with Gasteiger partial charge >= 0.3 is 11.8 Å². The summed E-state index contributed by atoms with van der Waals surface area (Å²) in [5.41, 5.74) is 0.723. The van der Waals surface area contributed by atoms with E-state index in [-0.39, 0.29) is 18.4 Å². The van der Waals surface area contributed by atoms with Crippen molar-refractivity contribution in [3.63, 3.8) is 0 Å². The molecule has 0 unspecified atom stereocenters. The maximum Gasteiger partial charge on any atom is 0.309 e. The average molecular weight is 250 g/mol. The van der Waals surface area contributed by atoms with Gasteiger partial charge in [0.2, 0.25) is 0 Å². The van der Waals surface area contributed by atoms with Crippen LogP contribution >= 0.6 is 0 Å². The summed E-state index contributed by atoms with van der Waals surface area (Å²) in [4.78, 5) is 22.8. The summed E-state index contributed by atoms with van der Waals surface area (Å²) in [6.45, 7) is 5.37. The van der Waals surface area contributed by atoms with Crippen LogP contribution in [0.25, 0.3) is 0 Å². The lowest BCUT2D eigenvalue weighted by Crippen LogP contribution is -2.40. The minimum atomic E-state index is -0.728. The zero-order valence-electron chi connectivity index (χ0n) is 10.1. The number of nitrogens with one attached hydrogen (secondary N) is 2. The number of hydrogen-bond donors (Lipinski definition) is 2. The van der Waals surface area contributed by atoms with Crippen molar-refractivity contribution >= 4 is 11.8 Å². The zero-order chi connectivity index (χ0) is 13.5. The molecule has 1 aromatic rings. The monoisotopic (exact) mass is 250 g/mol. The Morgan fingerprint density at radius 1 is 1.33 bits per heavy atom. The Bertz CT molecular complexity index is 443. The molecule has 0 heterocycles. The molecule has 18 heavy (non-hydrogen) atoms. The molecule has 0 aromatic heterocycles. The molecule has 1 rings (SSSR count). The fraction of sp³-hybridized carbons (Fsp3) is 0.231. The summed E-state index contributed by atoms with van der Waals surface area (Å²) in [6, 6.07) is 5.35. The molecule has 0 aliphatic rings. The molecular weight excluding hydrogens is 235 g/mol. The third-order valence-electron chi connectivity index (χ3n) is 2.33. The first kappa shape index (κ1) is 13.9. The molecule has 5 heteroatoms. The second-order valence-electron chi connectivity index (χ2n) is 3.75. The zero-order valence-corrected chi connectivity index (χ0v) is 10.1. The lowest BCUT2D eigenvalue weighted by atomic mass is 10.1. The van der Waals surface area contributed by atoms with Crippen molar-refractivity contribution < 1.29 is 14.0 Å². The minimum Gasteiger partial charge on any atom is -0.344 e. The van der Waals surface area contributed by atoms with Crippen LogP contribution in [-0.4, -0.2) is 18.4 Å². The van der Waals surface area contributed by atoms with E-state index in [1.807, 2.05) is 0 Å². The van der Waals surface area contributed by atoms with E-state index in [4.69, 9.17) is 0 Å². The van der Waals surface area contributed by atoms with Crippen LogP contribution in [0.4, 0.5) is 4.39 Å². The third-order valence-corrected chi connectivity index (χ3v) is 2.33. The van der Waals surface area contributed by atoms with Crippen molar-refractivity contribution in [3.8, 4) is 0 Å². The lowest BCUT2D eigenvalue weighted by Gasteiger charge is -2.13. The van der Waals surface area contributed by atoms with Gasteiger partial charge < -0.3 is 10.6 Å². The lowest BCUT2D eigenvalue weighted by molar-refractivity contribution is -0.139. The quantitative estimate of drug-likeness (QED) is 0.625. The van der Waals surface area contributed by atoms with Gasteiger partial charge in [0.1, 0.15) is 5.82 Å². The van der Waals surface area contributed by atoms with E-state index in [0.29, 0.717) is 0 Å². The van der Waals surface area contributed by atoms with Gasteiger partial charge in [-0.15, -0.1) is 6.58 Å². The first-order valence-corrected chi connectivity index (χ1v) is 5.49. The number of hydrogen-bond acceptors (Lipinski definition) is 2. The fourth-order valence-electron chi connectivity index (χ4n) is 1.34. The molecule has 0 radical (unpaired) electrons. The number of amides is 2. The van der Waals surface area contributed by atoms with Gasteiger partial charge in [0.25, 0.3) is 0 Å². The highest BCUT2D eigenvalue weighted by atomic mass is 19.1. The van der Waals surface area contributed by atoms with Crippen LogP contribution in [0, 0.1) is 5.82 Å². The largest absolute Gasteiger partial charge is 0.344 e. The van der Waals surface area contributed by atoms with E-state index in [1.165, 1.54) is 18.2 Å². The molecule has 0 aliphatic heterocycles. The molecule has 2 amide bonds. The van der Waals surface area contributed by atoms with Gasteiger partial charge in [-0.1, -0.05) is 18.2 Å². The fourth-order valence-corrected chi connectivity index (χ4v) is 1.34. The van der Waals surface area contributed by atoms with E-state index in [9.17, 15) is 14.0 Å². The molecule has 96 valence electrons.